The zero-order chi connectivity index (χ0) is 28.6. The van der Waals surface area contributed by atoms with E-state index in [1.165, 1.54) is 0 Å². The molecule has 4 aromatic rings. The molecule has 0 radical (unpaired) electrons. The van der Waals surface area contributed by atoms with Crippen LogP contribution >= 0.6 is 0 Å². The number of aliphatic imine (C=N–C) groups is 1. The van der Waals surface area contributed by atoms with Crippen molar-refractivity contribution in [3.8, 4) is 5.75 Å². The average Bonchev–Trinajstić information content (AvgIpc) is 3.45. The third-order valence-electron chi connectivity index (χ3n) is 6.88. The van der Waals surface area contributed by atoms with E-state index in [1.807, 2.05) is 83.1 Å². The molecular formula is C32H33N5O3. The van der Waals surface area contributed by atoms with Gasteiger partial charge in [-0.05, 0) is 93.6 Å². The minimum absolute atomic E-state index is 0.129. The van der Waals surface area contributed by atoms with Gasteiger partial charge in [0.1, 0.15) is 17.4 Å². The number of nitrogens with one attached hydrogen (secondary N) is 2. The Morgan fingerprint density at radius 1 is 1.05 bits per heavy atom. The van der Waals surface area contributed by atoms with E-state index in [1.54, 1.807) is 29.1 Å². The first kappa shape index (κ1) is 26.9. The molecule has 0 aliphatic carbocycles. The Morgan fingerprint density at radius 3 is 2.48 bits per heavy atom. The predicted octanol–water partition coefficient (Wildman–Crippen LogP) is 6.24. The van der Waals surface area contributed by atoms with Crippen LogP contribution < -0.4 is 10.6 Å². The molecule has 0 spiro atoms. The van der Waals surface area contributed by atoms with Crippen LogP contribution in [0.25, 0.3) is 0 Å². The summed E-state index contributed by atoms with van der Waals surface area (Å²) in [6.45, 7) is 9.74. The van der Waals surface area contributed by atoms with Crippen LogP contribution in [0, 0.1) is 13.8 Å². The monoisotopic (exact) mass is 535 g/mol. The van der Waals surface area contributed by atoms with Crippen molar-refractivity contribution in [3.63, 3.8) is 0 Å². The van der Waals surface area contributed by atoms with Crippen molar-refractivity contribution < 1.29 is 14.7 Å². The van der Waals surface area contributed by atoms with Gasteiger partial charge < -0.3 is 15.7 Å². The van der Waals surface area contributed by atoms with Gasteiger partial charge in [0.25, 0.3) is 5.91 Å². The molecule has 1 aliphatic heterocycles. The van der Waals surface area contributed by atoms with Crippen LogP contribution in [0.2, 0.25) is 0 Å². The van der Waals surface area contributed by atoms with Gasteiger partial charge in [0.15, 0.2) is 0 Å². The highest BCUT2D eigenvalue weighted by atomic mass is 16.3. The first-order valence-electron chi connectivity index (χ1n) is 13.2. The summed E-state index contributed by atoms with van der Waals surface area (Å²) < 4.78 is 1.75. The minimum atomic E-state index is -0.513. The number of carbonyl (C=O) groups is 2. The van der Waals surface area contributed by atoms with Crippen molar-refractivity contribution in [2.24, 2.45) is 4.99 Å². The van der Waals surface area contributed by atoms with Crippen LogP contribution in [-0.4, -0.2) is 32.9 Å². The molecule has 40 heavy (non-hydrogen) atoms. The van der Waals surface area contributed by atoms with Crippen LogP contribution in [0.15, 0.2) is 71.7 Å². The van der Waals surface area contributed by atoms with Crippen molar-refractivity contribution in [3.05, 3.63) is 100 Å². The molecule has 2 heterocycles. The van der Waals surface area contributed by atoms with Gasteiger partial charge in [0, 0.05) is 23.7 Å². The Hall–Kier alpha value is -4.72. The number of amides is 2. The second-order valence-corrected chi connectivity index (χ2v) is 11.2. The molecule has 1 atom stereocenters. The second-order valence-electron chi connectivity index (χ2n) is 11.2. The number of aromatic hydroxyl groups is 1. The fourth-order valence-electron chi connectivity index (χ4n) is 4.74. The summed E-state index contributed by atoms with van der Waals surface area (Å²) in [7, 11) is 0. The third-order valence-corrected chi connectivity index (χ3v) is 6.88. The molecule has 5 rings (SSSR count). The first-order chi connectivity index (χ1) is 19.0. The van der Waals surface area contributed by atoms with E-state index < -0.39 is 5.92 Å². The lowest BCUT2D eigenvalue weighted by Crippen LogP contribution is -2.29. The standard InChI is InChI=1S/C32H33N5O3/c1-19-6-10-24(17-29(19)38)33-18-26-25-16-22(9-13-27(25)35-30(26)39)15-21-7-11-23(12-8-21)34-31(40)28-14-20(2)36-37(28)32(3,4)5/h6-14,16-18,26,38H,15H2,1-5H3,(H,34,40)(H,35,39). The summed E-state index contributed by atoms with van der Waals surface area (Å²) >= 11 is 0. The number of nitrogens with zero attached hydrogens (tertiary/aromatic N) is 3. The number of carbonyl (C=O) groups excluding carboxylic acids is 2. The quantitative estimate of drug-likeness (QED) is 0.254. The van der Waals surface area contributed by atoms with Gasteiger partial charge in [0.05, 0.1) is 16.9 Å². The van der Waals surface area contributed by atoms with Gasteiger partial charge in [-0.1, -0.05) is 30.3 Å². The van der Waals surface area contributed by atoms with Gasteiger partial charge >= 0.3 is 0 Å². The van der Waals surface area contributed by atoms with Crippen LogP contribution in [0.4, 0.5) is 17.1 Å². The normalized spacial score (nSPS) is 14.8. The number of hydrogen-bond acceptors (Lipinski definition) is 5. The molecule has 204 valence electrons. The van der Waals surface area contributed by atoms with Gasteiger partial charge in [-0.25, -0.2) is 0 Å². The summed E-state index contributed by atoms with van der Waals surface area (Å²) in [6.07, 6.45) is 2.29. The van der Waals surface area contributed by atoms with E-state index in [-0.39, 0.29) is 23.1 Å². The lowest BCUT2D eigenvalue weighted by Gasteiger charge is -2.22. The smallest absolute Gasteiger partial charge is 0.273 e. The highest BCUT2D eigenvalue weighted by Gasteiger charge is 2.29. The number of anilines is 2. The largest absolute Gasteiger partial charge is 0.508 e. The van der Waals surface area contributed by atoms with Crippen LogP contribution in [0.5, 0.6) is 5.75 Å². The Morgan fingerprint density at radius 2 is 1.77 bits per heavy atom. The maximum absolute atomic E-state index is 13.0. The maximum Gasteiger partial charge on any atom is 0.273 e. The van der Waals surface area contributed by atoms with Crippen LogP contribution in [-0.2, 0) is 16.8 Å². The van der Waals surface area contributed by atoms with E-state index in [2.05, 4.69) is 20.7 Å². The predicted molar refractivity (Wildman–Crippen MR) is 158 cm³/mol. The van der Waals surface area contributed by atoms with Crippen molar-refractivity contribution in [2.75, 3.05) is 10.6 Å². The number of phenolic OH excluding ortho intramolecular Hbond substituents is 1. The Kier molecular flexibility index (Phi) is 7.02. The fraction of sp³-hybridized carbons (Fsp3) is 0.250. The van der Waals surface area contributed by atoms with Gasteiger partial charge in [-0.15, -0.1) is 0 Å². The number of fused-ring (bicyclic) bond motifs is 1. The number of aromatic nitrogens is 2. The summed E-state index contributed by atoms with van der Waals surface area (Å²) in [6, 6.07) is 20.7. The summed E-state index contributed by atoms with van der Waals surface area (Å²) in [4.78, 5) is 30.1. The topological polar surface area (TPSA) is 109 Å². The van der Waals surface area contributed by atoms with Gasteiger partial charge in [0.2, 0.25) is 5.91 Å². The third kappa shape index (κ3) is 5.66. The molecule has 8 nitrogen and oxygen atoms in total. The molecule has 3 aromatic carbocycles. The molecular weight excluding hydrogens is 502 g/mol. The van der Waals surface area contributed by atoms with E-state index in [0.717, 1.165) is 33.6 Å². The highest BCUT2D eigenvalue weighted by molar-refractivity contribution is 6.12. The lowest BCUT2D eigenvalue weighted by atomic mass is 9.96. The molecule has 1 aliphatic rings. The molecule has 0 saturated carbocycles. The number of rotatable bonds is 6. The molecule has 0 bridgehead atoms. The van der Waals surface area contributed by atoms with Crippen LogP contribution in [0.3, 0.4) is 0 Å². The number of phenols is 1. The first-order valence-corrected chi connectivity index (χ1v) is 13.2. The van der Waals surface area contributed by atoms with Gasteiger partial charge in [-0.2, -0.15) is 5.10 Å². The van der Waals surface area contributed by atoms with E-state index in [0.29, 0.717) is 23.5 Å². The minimum Gasteiger partial charge on any atom is -0.508 e. The van der Waals surface area contributed by atoms with E-state index in [9.17, 15) is 14.7 Å². The van der Waals surface area contributed by atoms with Crippen molar-refractivity contribution in [1.29, 1.82) is 0 Å². The average molecular weight is 536 g/mol. The molecule has 8 heteroatoms. The maximum atomic E-state index is 13.0. The van der Waals surface area contributed by atoms with E-state index in [4.69, 9.17) is 0 Å². The van der Waals surface area contributed by atoms with Crippen molar-refractivity contribution >= 4 is 35.1 Å². The van der Waals surface area contributed by atoms with Crippen LogP contribution in [0.1, 0.15) is 65.1 Å². The molecule has 3 N–H and O–H groups in total. The molecule has 0 fully saturated rings. The highest BCUT2D eigenvalue weighted by Crippen LogP contribution is 2.34. The Labute approximate surface area is 233 Å². The van der Waals surface area contributed by atoms with Crippen molar-refractivity contribution in [1.82, 2.24) is 9.78 Å². The Bertz CT molecular complexity index is 1630. The SMILES string of the molecule is Cc1cc(C(=O)Nc2ccc(Cc3ccc4c(c3)C(C=Nc3ccc(C)c(O)c3)C(=O)N4)cc2)n(C(C)(C)C)n1. The van der Waals surface area contributed by atoms with E-state index >= 15 is 0 Å². The van der Waals surface area contributed by atoms with Crippen molar-refractivity contribution in [2.45, 2.75) is 52.5 Å². The second kappa shape index (κ2) is 10.4. The zero-order valence-electron chi connectivity index (χ0n) is 23.3. The molecule has 2 amide bonds. The lowest BCUT2D eigenvalue weighted by molar-refractivity contribution is -0.115. The summed E-state index contributed by atoms with van der Waals surface area (Å²) in [5.41, 5.74) is 6.85. The number of hydrogen-bond donors (Lipinski definition) is 3. The Balaban J connectivity index is 1.28. The number of aryl methyl sites for hydroxylation is 2. The summed E-state index contributed by atoms with van der Waals surface area (Å²) in [5, 5.41) is 20.3. The molecule has 1 unspecified atom stereocenters. The van der Waals surface area contributed by atoms with Gasteiger partial charge in [-0.3, -0.25) is 19.3 Å². The molecule has 0 saturated heterocycles. The number of benzene rings is 3. The summed E-state index contributed by atoms with van der Waals surface area (Å²) in [5.74, 6) is -0.672. The fourth-order valence-corrected chi connectivity index (χ4v) is 4.74. The molecule has 1 aromatic heterocycles. The zero-order valence-corrected chi connectivity index (χ0v) is 23.3.